The third-order valence-corrected chi connectivity index (χ3v) is 6.90. The van der Waals surface area contributed by atoms with Gasteiger partial charge in [0.15, 0.2) is 0 Å². The van der Waals surface area contributed by atoms with Gasteiger partial charge in [-0.15, -0.1) is 0 Å². The summed E-state index contributed by atoms with van der Waals surface area (Å²) in [5.74, 6) is 1.36. The van der Waals surface area contributed by atoms with Crippen LogP contribution < -0.4 is 4.74 Å². The molecule has 2 bridgehead atoms. The first-order chi connectivity index (χ1) is 15.2. The number of para-hydroxylation sites is 1. The van der Waals surface area contributed by atoms with Crippen LogP contribution in [-0.4, -0.2) is 33.1 Å². The van der Waals surface area contributed by atoms with Crippen LogP contribution in [0.5, 0.6) is 5.75 Å². The minimum absolute atomic E-state index is 0.228. The highest BCUT2D eigenvalue weighted by Crippen LogP contribution is 2.49. The Morgan fingerprint density at radius 3 is 2.52 bits per heavy atom. The molecule has 2 aromatic heterocycles. The molecule has 2 aliphatic rings. The van der Waals surface area contributed by atoms with Gasteiger partial charge >= 0.3 is 0 Å². The number of pyridine rings is 2. The standard InChI is InChI=1S/C26H29N3O2/c30-26(21-10-6-13-27-15-21)22-8-5-9-23(26)18-29(17-22)16-20-7-1-2-12-25(20)31-19-24-11-3-4-14-28-24/h1-4,6-7,10-15,22-23,30H,5,8-9,16-19H2/t22-,23-/m1/s1. The first-order valence-corrected chi connectivity index (χ1v) is 11.2. The summed E-state index contributed by atoms with van der Waals surface area (Å²) in [6, 6.07) is 18.1. The number of rotatable bonds is 6. The molecule has 160 valence electrons. The van der Waals surface area contributed by atoms with Crippen molar-refractivity contribution in [2.45, 2.75) is 38.0 Å². The van der Waals surface area contributed by atoms with Crippen LogP contribution in [0.3, 0.4) is 0 Å². The van der Waals surface area contributed by atoms with Crippen LogP contribution in [0.2, 0.25) is 0 Å². The lowest BCUT2D eigenvalue weighted by Crippen LogP contribution is -2.57. The smallest absolute Gasteiger partial charge is 0.130 e. The van der Waals surface area contributed by atoms with Gasteiger partial charge in [-0.25, -0.2) is 0 Å². The van der Waals surface area contributed by atoms with E-state index in [4.69, 9.17) is 4.74 Å². The maximum atomic E-state index is 11.8. The lowest BCUT2D eigenvalue weighted by atomic mass is 9.63. The fraction of sp³-hybridized carbons (Fsp3) is 0.385. The topological polar surface area (TPSA) is 58.5 Å². The molecule has 3 heterocycles. The van der Waals surface area contributed by atoms with Crippen molar-refractivity contribution in [1.82, 2.24) is 14.9 Å². The number of hydrogen-bond donors (Lipinski definition) is 1. The molecule has 1 N–H and O–H groups in total. The average Bonchev–Trinajstić information content (AvgIpc) is 2.80. The van der Waals surface area contributed by atoms with Gasteiger partial charge in [0, 0.05) is 61.2 Å². The molecule has 1 aliphatic carbocycles. The number of piperidine rings is 1. The molecule has 5 nitrogen and oxygen atoms in total. The van der Waals surface area contributed by atoms with Crippen LogP contribution in [0, 0.1) is 11.8 Å². The van der Waals surface area contributed by atoms with Crippen molar-refractivity contribution in [2.75, 3.05) is 13.1 Å². The zero-order chi connectivity index (χ0) is 21.1. The van der Waals surface area contributed by atoms with E-state index in [2.05, 4.69) is 27.0 Å². The molecule has 5 heteroatoms. The van der Waals surface area contributed by atoms with Crippen LogP contribution in [0.4, 0.5) is 0 Å². The van der Waals surface area contributed by atoms with E-state index in [1.54, 1.807) is 12.4 Å². The Labute approximate surface area is 183 Å². The number of aliphatic hydroxyl groups is 1. The Balaban J connectivity index is 1.31. The van der Waals surface area contributed by atoms with Gasteiger partial charge in [0.1, 0.15) is 12.4 Å². The summed E-state index contributed by atoms with van der Waals surface area (Å²) in [4.78, 5) is 11.1. The lowest BCUT2D eigenvalue weighted by Gasteiger charge is -2.53. The number of likely N-dealkylation sites (tertiary alicyclic amines) is 1. The van der Waals surface area contributed by atoms with Gasteiger partial charge in [0.05, 0.1) is 11.3 Å². The normalized spacial score (nSPS) is 25.8. The SMILES string of the molecule is OC1(c2cccnc2)[C@@H]2CCC[C@@H]1CN(Cc1ccccc1OCc1ccccn1)C2. The minimum atomic E-state index is -0.766. The molecule has 0 spiro atoms. The maximum absolute atomic E-state index is 11.8. The van der Waals surface area contributed by atoms with E-state index in [0.29, 0.717) is 6.61 Å². The van der Waals surface area contributed by atoms with Crippen molar-refractivity contribution in [3.05, 3.63) is 90.0 Å². The van der Waals surface area contributed by atoms with E-state index in [1.165, 1.54) is 12.0 Å². The van der Waals surface area contributed by atoms with Crippen molar-refractivity contribution in [1.29, 1.82) is 0 Å². The molecule has 3 aromatic rings. The lowest BCUT2D eigenvalue weighted by molar-refractivity contribution is -0.148. The fourth-order valence-corrected chi connectivity index (χ4v) is 5.39. The van der Waals surface area contributed by atoms with Crippen LogP contribution in [0.25, 0.3) is 0 Å². The number of aromatic nitrogens is 2. The highest BCUT2D eigenvalue weighted by atomic mass is 16.5. The molecule has 0 amide bonds. The number of ether oxygens (including phenoxy) is 1. The first kappa shape index (κ1) is 20.2. The highest BCUT2D eigenvalue weighted by Gasteiger charge is 2.51. The Morgan fingerprint density at radius 1 is 0.968 bits per heavy atom. The molecule has 0 radical (unpaired) electrons. The largest absolute Gasteiger partial charge is 0.487 e. The molecule has 1 aliphatic heterocycles. The van der Waals surface area contributed by atoms with Gasteiger partial charge in [-0.2, -0.15) is 0 Å². The number of nitrogens with zero attached hydrogens (tertiary/aromatic N) is 3. The fourth-order valence-electron chi connectivity index (χ4n) is 5.39. The average molecular weight is 416 g/mol. The van der Waals surface area contributed by atoms with Gasteiger partial charge < -0.3 is 9.84 Å². The predicted molar refractivity (Wildman–Crippen MR) is 119 cm³/mol. The molecule has 31 heavy (non-hydrogen) atoms. The van der Waals surface area contributed by atoms with Gasteiger partial charge in [0.2, 0.25) is 0 Å². The quantitative estimate of drug-likeness (QED) is 0.655. The number of benzene rings is 1. The number of hydrogen-bond acceptors (Lipinski definition) is 5. The summed E-state index contributed by atoms with van der Waals surface area (Å²) in [6.45, 7) is 3.06. The van der Waals surface area contributed by atoms with Crippen molar-refractivity contribution in [3.63, 3.8) is 0 Å². The maximum Gasteiger partial charge on any atom is 0.130 e. The second kappa shape index (κ2) is 8.77. The Morgan fingerprint density at radius 2 is 1.77 bits per heavy atom. The Bertz CT molecular complexity index is 982. The molecule has 2 atom stereocenters. The van der Waals surface area contributed by atoms with Gasteiger partial charge in [-0.1, -0.05) is 36.8 Å². The summed E-state index contributed by atoms with van der Waals surface area (Å²) in [7, 11) is 0. The summed E-state index contributed by atoms with van der Waals surface area (Å²) < 4.78 is 6.12. The molecule has 1 aromatic carbocycles. The van der Waals surface area contributed by atoms with Crippen LogP contribution >= 0.6 is 0 Å². The van der Waals surface area contributed by atoms with Crippen molar-refractivity contribution in [2.24, 2.45) is 11.8 Å². The second-order valence-corrected chi connectivity index (χ2v) is 8.80. The van der Waals surface area contributed by atoms with Crippen molar-refractivity contribution < 1.29 is 9.84 Å². The second-order valence-electron chi connectivity index (χ2n) is 8.80. The minimum Gasteiger partial charge on any atom is -0.487 e. The molecular weight excluding hydrogens is 386 g/mol. The van der Waals surface area contributed by atoms with E-state index >= 15 is 0 Å². The molecule has 0 unspecified atom stereocenters. The zero-order valence-electron chi connectivity index (χ0n) is 17.7. The summed E-state index contributed by atoms with van der Waals surface area (Å²) in [5.41, 5.74) is 2.32. The van der Waals surface area contributed by atoms with E-state index in [0.717, 1.165) is 49.5 Å². The van der Waals surface area contributed by atoms with Crippen LogP contribution in [0.1, 0.15) is 36.1 Å². The van der Waals surface area contributed by atoms with E-state index in [1.807, 2.05) is 48.7 Å². The highest BCUT2D eigenvalue weighted by molar-refractivity contribution is 5.34. The van der Waals surface area contributed by atoms with E-state index in [9.17, 15) is 5.11 Å². The Kier molecular flexibility index (Phi) is 5.70. The number of fused-ring (bicyclic) bond motifs is 2. The summed E-state index contributed by atoms with van der Waals surface area (Å²) in [6.07, 6.45) is 8.71. The van der Waals surface area contributed by atoms with Crippen LogP contribution in [0.15, 0.2) is 73.2 Å². The predicted octanol–water partition coefficient (Wildman–Crippen LogP) is 4.18. The van der Waals surface area contributed by atoms with Gasteiger partial charge in [-0.3, -0.25) is 14.9 Å². The molecule has 2 fully saturated rings. The van der Waals surface area contributed by atoms with Crippen molar-refractivity contribution >= 4 is 0 Å². The zero-order valence-corrected chi connectivity index (χ0v) is 17.7. The van der Waals surface area contributed by atoms with Crippen molar-refractivity contribution in [3.8, 4) is 5.75 Å². The van der Waals surface area contributed by atoms with Gasteiger partial charge in [0.25, 0.3) is 0 Å². The molecule has 1 saturated heterocycles. The van der Waals surface area contributed by atoms with E-state index < -0.39 is 5.60 Å². The van der Waals surface area contributed by atoms with E-state index in [-0.39, 0.29) is 11.8 Å². The third kappa shape index (κ3) is 4.08. The molecule has 1 saturated carbocycles. The summed E-state index contributed by atoms with van der Waals surface area (Å²) >= 11 is 0. The third-order valence-electron chi connectivity index (χ3n) is 6.90. The monoisotopic (exact) mass is 415 g/mol. The van der Waals surface area contributed by atoms with Gasteiger partial charge in [-0.05, 0) is 37.1 Å². The molecule has 5 rings (SSSR count). The Hall–Kier alpha value is -2.76. The van der Waals surface area contributed by atoms with Crippen LogP contribution in [-0.2, 0) is 18.8 Å². The molecular formula is C26H29N3O2. The summed E-state index contributed by atoms with van der Waals surface area (Å²) in [5, 5.41) is 11.8. The first-order valence-electron chi connectivity index (χ1n) is 11.2.